The number of carbonyl (C=O) groups is 2. The molecule has 2 rings (SSSR count). The van der Waals surface area contributed by atoms with Crippen LogP contribution in [0.25, 0.3) is 0 Å². The molecular weight excluding hydrogens is 286 g/mol. The predicted octanol–water partition coefficient (Wildman–Crippen LogP) is 0.891. The fourth-order valence-corrected chi connectivity index (χ4v) is 2.15. The number of nitrogens with one attached hydrogen (secondary N) is 1. The maximum absolute atomic E-state index is 12.0. The highest BCUT2D eigenvalue weighted by atomic mass is 16.4. The lowest BCUT2D eigenvalue weighted by atomic mass is 10.1. The molecule has 0 spiro atoms. The summed E-state index contributed by atoms with van der Waals surface area (Å²) in [6.07, 6.45) is 3.52. The minimum atomic E-state index is -1.08. The number of carbonyl (C=O) groups excluding carboxylic acids is 1. The fraction of sp³-hybridized carbons (Fsp3) is 0.429. The topological polar surface area (TPSA) is 102 Å². The van der Waals surface area contributed by atoms with Crippen molar-refractivity contribution in [3.63, 3.8) is 0 Å². The van der Waals surface area contributed by atoms with Crippen LogP contribution in [0.5, 0.6) is 0 Å². The van der Waals surface area contributed by atoms with Crippen LogP contribution in [0.15, 0.2) is 18.5 Å². The van der Waals surface area contributed by atoms with Gasteiger partial charge in [-0.15, -0.1) is 0 Å². The molecule has 1 unspecified atom stereocenters. The second-order valence-electron chi connectivity index (χ2n) is 5.12. The summed E-state index contributed by atoms with van der Waals surface area (Å²) in [6.45, 7) is 4.18. The van der Waals surface area contributed by atoms with E-state index in [0.29, 0.717) is 6.54 Å². The lowest BCUT2D eigenvalue weighted by Gasteiger charge is -2.13. The molecule has 2 aromatic heterocycles. The molecule has 2 N–H and O–H groups in total. The molecule has 1 atom stereocenters. The molecule has 2 aromatic rings. The number of aromatic carboxylic acids is 1. The smallest absolute Gasteiger partial charge is 0.356 e. The third-order valence-corrected chi connectivity index (χ3v) is 3.54. The summed E-state index contributed by atoms with van der Waals surface area (Å²) < 4.78 is 3.21. The summed E-state index contributed by atoms with van der Waals surface area (Å²) in [5.74, 6) is -1.20. The van der Waals surface area contributed by atoms with Crippen LogP contribution < -0.4 is 5.32 Å². The molecule has 0 saturated carbocycles. The second-order valence-corrected chi connectivity index (χ2v) is 5.12. The van der Waals surface area contributed by atoms with Gasteiger partial charge in [0.2, 0.25) is 5.91 Å². The van der Waals surface area contributed by atoms with Gasteiger partial charge >= 0.3 is 5.97 Å². The van der Waals surface area contributed by atoms with Crippen LogP contribution in [0, 0.1) is 6.92 Å². The Morgan fingerprint density at radius 3 is 2.73 bits per heavy atom. The zero-order chi connectivity index (χ0) is 16.3. The van der Waals surface area contributed by atoms with Crippen molar-refractivity contribution in [2.75, 3.05) is 0 Å². The van der Waals surface area contributed by atoms with Crippen LogP contribution in [-0.2, 0) is 18.4 Å². The minimum Gasteiger partial charge on any atom is -0.476 e. The Balaban J connectivity index is 1.87. The number of aryl methyl sites for hydroxylation is 2. The Labute approximate surface area is 127 Å². The van der Waals surface area contributed by atoms with Gasteiger partial charge in [-0.25, -0.2) is 4.79 Å². The molecule has 0 aromatic carbocycles. The number of amides is 1. The molecule has 8 heteroatoms. The SMILES string of the molecule is Cc1c(C(C)NC(=O)CCn2ccc(C(=O)O)n2)cnn1C. The summed E-state index contributed by atoms with van der Waals surface area (Å²) >= 11 is 0. The third-order valence-electron chi connectivity index (χ3n) is 3.54. The first-order valence-electron chi connectivity index (χ1n) is 6.93. The maximum Gasteiger partial charge on any atom is 0.356 e. The Morgan fingerprint density at radius 2 is 2.18 bits per heavy atom. The maximum atomic E-state index is 12.0. The molecule has 8 nitrogen and oxygen atoms in total. The molecule has 0 aliphatic rings. The van der Waals surface area contributed by atoms with Crippen LogP contribution in [0.4, 0.5) is 0 Å². The molecule has 0 fully saturated rings. The van der Waals surface area contributed by atoms with E-state index in [2.05, 4.69) is 15.5 Å². The molecular formula is C14H19N5O3. The van der Waals surface area contributed by atoms with Gasteiger partial charge in [0, 0.05) is 37.5 Å². The van der Waals surface area contributed by atoms with Crippen molar-refractivity contribution in [2.45, 2.75) is 32.9 Å². The van der Waals surface area contributed by atoms with Crippen LogP contribution >= 0.6 is 0 Å². The lowest BCUT2D eigenvalue weighted by molar-refractivity contribution is -0.122. The third kappa shape index (κ3) is 3.51. The van der Waals surface area contributed by atoms with Gasteiger partial charge in [0.05, 0.1) is 12.2 Å². The summed E-state index contributed by atoms with van der Waals surface area (Å²) in [7, 11) is 1.85. The van der Waals surface area contributed by atoms with Crippen molar-refractivity contribution >= 4 is 11.9 Å². The Bertz CT molecular complexity index is 688. The molecule has 1 amide bonds. The number of hydrogen-bond donors (Lipinski definition) is 2. The van der Waals surface area contributed by atoms with Crippen molar-refractivity contribution in [1.82, 2.24) is 24.9 Å². The first kappa shape index (κ1) is 15.7. The van der Waals surface area contributed by atoms with Crippen LogP contribution in [0.2, 0.25) is 0 Å². The van der Waals surface area contributed by atoms with Gasteiger partial charge in [-0.2, -0.15) is 10.2 Å². The van der Waals surface area contributed by atoms with E-state index in [-0.39, 0.29) is 24.1 Å². The summed E-state index contributed by atoms with van der Waals surface area (Å²) in [4.78, 5) is 22.7. The number of rotatable bonds is 6. The van der Waals surface area contributed by atoms with Gasteiger partial charge in [0.15, 0.2) is 5.69 Å². The number of carboxylic acids is 1. The first-order chi connectivity index (χ1) is 10.4. The van der Waals surface area contributed by atoms with Gasteiger partial charge < -0.3 is 10.4 Å². The number of hydrogen-bond acceptors (Lipinski definition) is 4. The zero-order valence-corrected chi connectivity index (χ0v) is 12.8. The fourth-order valence-electron chi connectivity index (χ4n) is 2.15. The molecule has 0 aliphatic carbocycles. The summed E-state index contributed by atoms with van der Waals surface area (Å²) in [6, 6.07) is 1.27. The van der Waals surface area contributed by atoms with Crippen molar-refractivity contribution in [3.05, 3.63) is 35.4 Å². The molecule has 0 saturated heterocycles. The molecule has 22 heavy (non-hydrogen) atoms. The highest BCUT2D eigenvalue weighted by molar-refractivity contribution is 5.85. The Morgan fingerprint density at radius 1 is 1.45 bits per heavy atom. The van der Waals surface area contributed by atoms with Crippen LogP contribution in [0.3, 0.4) is 0 Å². The standard InChI is InChI=1S/C14H19N5O3/c1-9(11-8-15-18(3)10(11)2)16-13(20)5-7-19-6-4-12(17-19)14(21)22/h4,6,8-9H,5,7H2,1-3H3,(H,16,20)(H,21,22). The Hall–Kier alpha value is -2.64. The lowest BCUT2D eigenvalue weighted by Crippen LogP contribution is -2.27. The largest absolute Gasteiger partial charge is 0.476 e. The van der Waals surface area contributed by atoms with Gasteiger partial charge in [-0.05, 0) is 19.9 Å². The number of nitrogens with zero attached hydrogens (tertiary/aromatic N) is 4. The normalized spacial score (nSPS) is 12.1. The zero-order valence-electron chi connectivity index (χ0n) is 12.8. The van der Waals surface area contributed by atoms with E-state index in [1.54, 1.807) is 17.1 Å². The van der Waals surface area contributed by atoms with Crippen molar-refractivity contribution < 1.29 is 14.7 Å². The van der Waals surface area contributed by atoms with Gasteiger partial charge in [-0.3, -0.25) is 14.2 Å². The van der Waals surface area contributed by atoms with E-state index < -0.39 is 5.97 Å². The van der Waals surface area contributed by atoms with E-state index in [1.807, 2.05) is 20.9 Å². The van der Waals surface area contributed by atoms with Crippen molar-refractivity contribution in [2.24, 2.45) is 7.05 Å². The molecule has 0 aliphatic heterocycles. The van der Waals surface area contributed by atoms with Crippen LogP contribution in [-0.4, -0.2) is 36.5 Å². The second kappa shape index (κ2) is 6.42. The average Bonchev–Trinajstić information content (AvgIpc) is 3.05. The van der Waals surface area contributed by atoms with Gasteiger partial charge in [0.25, 0.3) is 0 Å². The quantitative estimate of drug-likeness (QED) is 0.825. The summed E-state index contributed by atoms with van der Waals surface area (Å²) in [5, 5.41) is 19.7. The molecule has 118 valence electrons. The minimum absolute atomic E-state index is 0.0280. The van der Waals surface area contributed by atoms with Gasteiger partial charge in [0.1, 0.15) is 0 Å². The van der Waals surface area contributed by atoms with Crippen LogP contribution in [0.1, 0.15) is 41.1 Å². The Kier molecular flexibility index (Phi) is 4.59. The van der Waals surface area contributed by atoms with Crippen molar-refractivity contribution in [1.29, 1.82) is 0 Å². The number of carboxylic acid groups (broad SMARTS) is 1. The highest BCUT2D eigenvalue weighted by Gasteiger charge is 2.15. The van der Waals surface area contributed by atoms with Gasteiger partial charge in [-0.1, -0.05) is 0 Å². The number of aromatic nitrogens is 4. The van der Waals surface area contributed by atoms with E-state index in [0.717, 1.165) is 11.3 Å². The molecule has 2 heterocycles. The molecule has 0 radical (unpaired) electrons. The monoisotopic (exact) mass is 305 g/mol. The van der Waals surface area contributed by atoms with E-state index in [9.17, 15) is 9.59 Å². The predicted molar refractivity (Wildman–Crippen MR) is 78.3 cm³/mol. The van der Waals surface area contributed by atoms with E-state index in [1.165, 1.54) is 10.7 Å². The average molecular weight is 305 g/mol. The summed E-state index contributed by atoms with van der Waals surface area (Å²) in [5.41, 5.74) is 1.95. The van der Waals surface area contributed by atoms with E-state index >= 15 is 0 Å². The van der Waals surface area contributed by atoms with E-state index in [4.69, 9.17) is 5.11 Å². The first-order valence-corrected chi connectivity index (χ1v) is 6.93. The highest BCUT2D eigenvalue weighted by Crippen LogP contribution is 2.15. The van der Waals surface area contributed by atoms with Crippen molar-refractivity contribution in [3.8, 4) is 0 Å². The molecule has 0 bridgehead atoms.